The van der Waals surface area contributed by atoms with Gasteiger partial charge in [-0.1, -0.05) is 6.07 Å². The lowest BCUT2D eigenvalue weighted by molar-refractivity contribution is 0.0570. The van der Waals surface area contributed by atoms with Crippen LogP contribution in [-0.2, 0) is 11.3 Å². The van der Waals surface area contributed by atoms with Gasteiger partial charge in [0, 0.05) is 69.1 Å². The van der Waals surface area contributed by atoms with E-state index in [1.165, 1.54) is 0 Å². The molecule has 6 rings (SSSR count). The Labute approximate surface area is 251 Å². The minimum absolute atomic E-state index is 0.0270. The van der Waals surface area contributed by atoms with Crippen molar-refractivity contribution in [3.8, 4) is 0 Å². The van der Waals surface area contributed by atoms with E-state index in [1.54, 1.807) is 47.1 Å². The Balaban J connectivity index is 1.26. The zero-order valence-electron chi connectivity index (χ0n) is 23.3. The molecule has 0 spiro atoms. The van der Waals surface area contributed by atoms with Crippen LogP contribution in [0.4, 0.5) is 16.2 Å². The first-order chi connectivity index (χ1) is 20.3. The van der Waals surface area contributed by atoms with E-state index < -0.39 is 5.91 Å². The van der Waals surface area contributed by atoms with E-state index in [1.807, 2.05) is 22.8 Å². The van der Waals surface area contributed by atoms with Crippen molar-refractivity contribution in [1.29, 1.82) is 0 Å². The number of fused-ring (bicyclic) bond motifs is 4. The first-order valence-electron chi connectivity index (χ1n) is 14.2. The highest BCUT2D eigenvalue weighted by Crippen LogP contribution is 2.39. The molecule has 0 aliphatic carbocycles. The summed E-state index contributed by atoms with van der Waals surface area (Å²) in [5, 5.41) is 2.98. The van der Waals surface area contributed by atoms with Crippen LogP contribution in [0.2, 0.25) is 0 Å². The molecule has 11 nitrogen and oxygen atoms in total. The number of anilines is 2. The normalized spacial score (nSPS) is 19.7. The van der Waals surface area contributed by atoms with Crippen LogP contribution in [0, 0.1) is 5.92 Å². The molecule has 3 amide bonds. The maximum atomic E-state index is 13.5. The van der Waals surface area contributed by atoms with Gasteiger partial charge in [0.15, 0.2) is 10.4 Å². The number of pyridine rings is 1. The van der Waals surface area contributed by atoms with Crippen molar-refractivity contribution in [2.75, 3.05) is 56.1 Å². The molecule has 3 aliphatic rings. The average Bonchev–Trinajstić information content (AvgIpc) is 3.44. The highest BCUT2D eigenvalue weighted by molar-refractivity contribution is 9.10. The molecular formula is C30H32BrN5O6. The Bertz CT molecular complexity index is 1580. The van der Waals surface area contributed by atoms with Gasteiger partial charge >= 0.3 is 6.09 Å². The van der Waals surface area contributed by atoms with Gasteiger partial charge in [-0.25, -0.2) is 4.79 Å². The Hall–Kier alpha value is -4.06. The van der Waals surface area contributed by atoms with Crippen molar-refractivity contribution in [3.05, 3.63) is 80.6 Å². The Morgan fingerprint density at radius 3 is 2.52 bits per heavy atom. The van der Waals surface area contributed by atoms with Gasteiger partial charge in [0.1, 0.15) is 0 Å². The predicted octanol–water partition coefficient (Wildman–Crippen LogP) is 3.99. The number of furan rings is 1. The minimum atomic E-state index is -0.427. The van der Waals surface area contributed by atoms with Gasteiger partial charge in [-0.15, -0.1) is 0 Å². The molecule has 12 heteroatoms. The van der Waals surface area contributed by atoms with E-state index in [2.05, 4.69) is 26.1 Å². The zero-order chi connectivity index (χ0) is 29.4. The fraction of sp³-hybridized carbons (Fsp3) is 0.400. The van der Waals surface area contributed by atoms with E-state index >= 15 is 0 Å². The summed E-state index contributed by atoms with van der Waals surface area (Å²) in [6.07, 6.45) is 0.624. The van der Waals surface area contributed by atoms with Crippen molar-refractivity contribution < 1.29 is 23.5 Å². The van der Waals surface area contributed by atoms with Gasteiger partial charge in [-0.2, -0.15) is 0 Å². The summed E-state index contributed by atoms with van der Waals surface area (Å²) in [6.45, 7) is 5.66. The molecule has 42 heavy (non-hydrogen) atoms. The standard InChI is InChI=1S/C30H32BrN5O6/c1-2-41-30(40)34-12-10-33(11-13-34)29(39)20-6-7-24(22(15-20)32-28(38)25-8-9-26(31)42-25)35-16-19-14-21(18-35)23-4-3-5-27(37)36(23)17-19/h3-9,15,19,21H,2,10-14,16-18H2,1H3,(H,32,38)/t19-,21+/m1/s1. The summed E-state index contributed by atoms with van der Waals surface area (Å²) in [6, 6.07) is 14.1. The van der Waals surface area contributed by atoms with Crippen molar-refractivity contribution in [1.82, 2.24) is 14.4 Å². The van der Waals surface area contributed by atoms with Gasteiger partial charge in [0.2, 0.25) is 0 Å². The summed E-state index contributed by atoms with van der Waals surface area (Å²) in [5.74, 6) is -0.0109. The lowest BCUT2D eigenvalue weighted by Crippen LogP contribution is -2.50. The Kier molecular flexibility index (Phi) is 7.80. The van der Waals surface area contributed by atoms with Crippen LogP contribution in [0.3, 0.4) is 0 Å². The number of halogens is 1. The summed E-state index contributed by atoms with van der Waals surface area (Å²) in [5.41, 5.74) is 2.81. The van der Waals surface area contributed by atoms with Crippen molar-refractivity contribution in [2.24, 2.45) is 5.92 Å². The quantitative estimate of drug-likeness (QED) is 0.449. The summed E-state index contributed by atoms with van der Waals surface area (Å²) >= 11 is 3.24. The van der Waals surface area contributed by atoms with Gasteiger partial charge in [-0.05, 0) is 71.6 Å². The van der Waals surface area contributed by atoms with E-state index in [9.17, 15) is 19.2 Å². The summed E-state index contributed by atoms with van der Waals surface area (Å²) in [7, 11) is 0. The van der Waals surface area contributed by atoms with Crippen molar-refractivity contribution >= 4 is 45.2 Å². The summed E-state index contributed by atoms with van der Waals surface area (Å²) in [4.78, 5) is 56.8. The largest absolute Gasteiger partial charge is 0.450 e. The fourth-order valence-corrected chi connectivity index (χ4v) is 6.55. The van der Waals surface area contributed by atoms with Crippen LogP contribution < -0.4 is 15.8 Å². The molecule has 2 bridgehead atoms. The molecule has 0 unspecified atom stereocenters. The van der Waals surface area contributed by atoms with Crippen molar-refractivity contribution in [3.63, 3.8) is 0 Å². The van der Waals surface area contributed by atoms with Crippen molar-refractivity contribution in [2.45, 2.75) is 25.8 Å². The molecule has 220 valence electrons. The van der Waals surface area contributed by atoms with Crippen LogP contribution >= 0.6 is 15.9 Å². The molecule has 2 saturated heterocycles. The molecule has 1 aromatic carbocycles. The number of nitrogens with one attached hydrogen (secondary N) is 1. The first kappa shape index (κ1) is 28.1. The van der Waals surface area contributed by atoms with Crippen LogP contribution in [-0.4, -0.2) is 78.1 Å². The molecule has 0 saturated carbocycles. The highest BCUT2D eigenvalue weighted by Gasteiger charge is 2.36. The number of carbonyl (C=O) groups excluding carboxylic acids is 3. The van der Waals surface area contributed by atoms with Crippen LogP contribution in [0.5, 0.6) is 0 Å². The number of piperazine rings is 1. The number of carbonyl (C=O) groups is 3. The molecule has 3 aliphatic heterocycles. The number of amides is 3. The van der Waals surface area contributed by atoms with E-state index in [0.717, 1.165) is 24.3 Å². The third-order valence-corrected chi connectivity index (χ3v) is 8.63. The topological polar surface area (TPSA) is 117 Å². The molecule has 3 aromatic rings. The van der Waals surface area contributed by atoms with Gasteiger partial charge in [0.05, 0.1) is 18.0 Å². The maximum absolute atomic E-state index is 13.5. The second-order valence-electron chi connectivity index (χ2n) is 10.9. The molecule has 5 heterocycles. The van der Waals surface area contributed by atoms with E-state index in [0.29, 0.717) is 61.8 Å². The molecule has 0 radical (unpaired) electrons. The fourth-order valence-electron chi connectivity index (χ4n) is 6.25. The number of hydrogen-bond acceptors (Lipinski definition) is 7. The number of hydrogen-bond donors (Lipinski definition) is 1. The second-order valence-corrected chi connectivity index (χ2v) is 11.7. The molecular weight excluding hydrogens is 606 g/mol. The second kappa shape index (κ2) is 11.7. The molecule has 2 aromatic heterocycles. The Morgan fingerprint density at radius 1 is 1.00 bits per heavy atom. The number of rotatable bonds is 5. The van der Waals surface area contributed by atoms with Crippen LogP contribution in [0.25, 0.3) is 0 Å². The smallest absolute Gasteiger partial charge is 0.409 e. The van der Waals surface area contributed by atoms with E-state index in [-0.39, 0.29) is 35.2 Å². The predicted molar refractivity (Wildman–Crippen MR) is 159 cm³/mol. The minimum Gasteiger partial charge on any atom is -0.450 e. The third-order valence-electron chi connectivity index (χ3n) is 8.20. The van der Waals surface area contributed by atoms with Crippen LogP contribution in [0.1, 0.15) is 45.9 Å². The van der Waals surface area contributed by atoms with Gasteiger partial charge < -0.3 is 33.7 Å². The molecule has 1 N–H and O–H groups in total. The maximum Gasteiger partial charge on any atom is 0.409 e. The number of ether oxygens (including phenoxy) is 1. The lowest BCUT2D eigenvalue weighted by atomic mass is 9.83. The number of benzene rings is 1. The van der Waals surface area contributed by atoms with Crippen LogP contribution in [0.15, 0.2) is 62.4 Å². The lowest BCUT2D eigenvalue weighted by Gasteiger charge is -2.44. The summed E-state index contributed by atoms with van der Waals surface area (Å²) < 4.78 is 12.9. The Morgan fingerprint density at radius 2 is 1.79 bits per heavy atom. The SMILES string of the molecule is CCOC(=O)N1CCN(C(=O)c2ccc(N3C[C@H]4C[C@@H](C3)c3cccc(=O)n3C4)c(NC(=O)c3ccc(Br)o3)c2)CC1. The average molecular weight is 639 g/mol. The molecule has 2 atom stereocenters. The third kappa shape index (κ3) is 5.55. The van der Waals surface area contributed by atoms with Gasteiger partial charge in [-0.3, -0.25) is 14.4 Å². The van der Waals surface area contributed by atoms with E-state index in [4.69, 9.17) is 9.15 Å². The van der Waals surface area contributed by atoms with Gasteiger partial charge in [0.25, 0.3) is 17.4 Å². The highest BCUT2D eigenvalue weighted by atomic mass is 79.9. The molecule has 2 fully saturated rings. The zero-order valence-corrected chi connectivity index (χ0v) is 24.8. The number of aromatic nitrogens is 1. The monoisotopic (exact) mass is 637 g/mol. The number of piperidine rings is 1. The first-order valence-corrected chi connectivity index (χ1v) is 15.0. The number of nitrogens with zero attached hydrogens (tertiary/aromatic N) is 4.